The molecule has 0 atom stereocenters. The fourth-order valence-corrected chi connectivity index (χ4v) is 4.17. The summed E-state index contributed by atoms with van der Waals surface area (Å²) < 4.78 is 0. The summed E-state index contributed by atoms with van der Waals surface area (Å²) in [5, 5.41) is 19.1. The average molecular weight is 397 g/mol. The van der Waals surface area contributed by atoms with E-state index >= 15 is 0 Å². The molecule has 0 radical (unpaired) electrons. The van der Waals surface area contributed by atoms with Crippen LogP contribution in [0.1, 0.15) is 13.8 Å². The van der Waals surface area contributed by atoms with Crippen molar-refractivity contribution in [2.24, 2.45) is 0 Å². The summed E-state index contributed by atoms with van der Waals surface area (Å²) in [4.78, 5) is 12.9. The van der Waals surface area contributed by atoms with Crippen LogP contribution < -0.4 is 0 Å². The van der Waals surface area contributed by atoms with Crippen LogP contribution >= 0.6 is 23.1 Å². The Kier molecular flexibility index (Phi) is 6.32. The van der Waals surface area contributed by atoms with E-state index < -0.39 is 5.97 Å². The average Bonchev–Trinajstić information content (AvgIpc) is 3.37. The Morgan fingerprint density at radius 3 is 2.56 bits per heavy atom. The zero-order valence-electron chi connectivity index (χ0n) is 15.1. The van der Waals surface area contributed by atoms with Crippen LogP contribution in [0.25, 0.3) is 31.8 Å². The number of aliphatic carboxylic acids is 1. The smallest absolute Gasteiger partial charge is 0.313 e. The maximum absolute atomic E-state index is 10.6. The Morgan fingerprint density at radius 2 is 1.78 bits per heavy atom. The number of hydrogen-bond acceptors (Lipinski definition) is 4. The Balaban J connectivity index is 0.00000102. The minimum atomic E-state index is -0.843. The molecule has 27 heavy (non-hydrogen) atoms. The number of rotatable bonds is 5. The number of carboxylic acids is 1. The molecule has 0 amide bonds. The maximum atomic E-state index is 10.6. The van der Waals surface area contributed by atoms with E-state index in [1.165, 1.54) is 33.0 Å². The van der Waals surface area contributed by atoms with Crippen molar-refractivity contribution >= 4 is 39.8 Å². The molecule has 2 aromatic heterocycles. The molecular formula is C21H20N2O2S2. The highest BCUT2D eigenvalue weighted by Gasteiger charge is 2.10. The first-order valence-electron chi connectivity index (χ1n) is 8.68. The Morgan fingerprint density at radius 1 is 1.04 bits per heavy atom. The van der Waals surface area contributed by atoms with E-state index in [0.29, 0.717) is 5.03 Å². The zero-order valence-corrected chi connectivity index (χ0v) is 16.7. The minimum Gasteiger partial charge on any atom is -0.481 e. The molecule has 0 aliphatic heterocycles. The van der Waals surface area contributed by atoms with Gasteiger partial charge in [-0.15, -0.1) is 11.3 Å². The summed E-state index contributed by atoms with van der Waals surface area (Å²) in [5.41, 5.74) is 2.10. The summed E-state index contributed by atoms with van der Waals surface area (Å²) in [6, 6.07) is 20.9. The fraction of sp³-hybridized carbons (Fsp3) is 0.143. The molecule has 0 fully saturated rings. The second kappa shape index (κ2) is 8.88. The van der Waals surface area contributed by atoms with Gasteiger partial charge in [0.25, 0.3) is 0 Å². The number of aromatic nitrogens is 2. The number of aromatic amines is 1. The van der Waals surface area contributed by atoms with Gasteiger partial charge in [-0.1, -0.05) is 62.0 Å². The van der Waals surface area contributed by atoms with Gasteiger partial charge in [0.2, 0.25) is 0 Å². The van der Waals surface area contributed by atoms with Gasteiger partial charge in [-0.2, -0.15) is 5.10 Å². The molecule has 0 spiro atoms. The van der Waals surface area contributed by atoms with E-state index in [4.69, 9.17) is 5.11 Å². The molecule has 2 N–H and O–H groups in total. The van der Waals surface area contributed by atoms with Gasteiger partial charge in [0.1, 0.15) is 5.03 Å². The predicted octanol–water partition coefficient (Wildman–Crippen LogP) is 6.16. The largest absolute Gasteiger partial charge is 0.481 e. The lowest BCUT2D eigenvalue weighted by Gasteiger charge is -2.01. The monoisotopic (exact) mass is 396 g/mol. The van der Waals surface area contributed by atoms with Crippen LogP contribution in [0.3, 0.4) is 0 Å². The van der Waals surface area contributed by atoms with Gasteiger partial charge in [0, 0.05) is 4.88 Å². The lowest BCUT2D eigenvalue weighted by molar-refractivity contribution is -0.133. The van der Waals surface area contributed by atoms with Gasteiger partial charge in [-0.3, -0.25) is 9.89 Å². The first kappa shape index (κ1) is 19.2. The lowest BCUT2D eigenvalue weighted by Crippen LogP contribution is -1.97. The molecule has 6 heteroatoms. The topological polar surface area (TPSA) is 66.0 Å². The quantitative estimate of drug-likeness (QED) is 0.396. The molecule has 0 aliphatic rings. The summed E-state index contributed by atoms with van der Waals surface area (Å²) in [5.74, 6) is -0.832. The number of nitrogens with one attached hydrogen (secondary N) is 1. The highest BCUT2D eigenvalue weighted by atomic mass is 32.2. The number of hydrogen-bond donors (Lipinski definition) is 2. The highest BCUT2D eigenvalue weighted by Crippen LogP contribution is 2.35. The van der Waals surface area contributed by atoms with Gasteiger partial charge in [-0.25, -0.2) is 0 Å². The third-order valence-electron chi connectivity index (χ3n) is 3.80. The molecule has 0 aliphatic carbocycles. The number of carbonyl (C=O) groups is 1. The van der Waals surface area contributed by atoms with E-state index in [9.17, 15) is 4.79 Å². The van der Waals surface area contributed by atoms with Gasteiger partial charge in [0.15, 0.2) is 0 Å². The number of benzene rings is 2. The second-order valence-electron chi connectivity index (χ2n) is 5.53. The summed E-state index contributed by atoms with van der Waals surface area (Å²) >= 11 is 2.90. The maximum Gasteiger partial charge on any atom is 0.313 e. The first-order chi connectivity index (χ1) is 13.2. The predicted molar refractivity (Wildman–Crippen MR) is 115 cm³/mol. The van der Waals surface area contributed by atoms with Crippen molar-refractivity contribution in [3.8, 4) is 21.0 Å². The Bertz CT molecular complexity index is 1050. The van der Waals surface area contributed by atoms with E-state index in [0.717, 1.165) is 10.6 Å². The van der Waals surface area contributed by atoms with Crippen LogP contribution in [-0.2, 0) is 4.79 Å². The summed E-state index contributed by atoms with van der Waals surface area (Å²) in [6.45, 7) is 4.00. The van der Waals surface area contributed by atoms with E-state index in [1.807, 2.05) is 32.0 Å². The Labute approximate surface area is 166 Å². The summed E-state index contributed by atoms with van der Waals surface area (Å²) in [7, 11) is 0. The number of thiophene rings is 1. The second-order valence-corrected chi connectivity index (χ2v) is 7.61. The molecule has 0 bridgehead atoms. The van der Waals surface area contributed by atoms with Crippen LogP contribution in [0.15, 0.2) is 65.7 Å². The van der Waals surface area contributed by atoms with Crippen molar-refractivity contribution in [3.63, 3.8) is 0 Å². The van der Waals surface area contributed by atoms with Crippen LogP contribution in [0.4, 0.5) is 0 Å². The normalized spacial score (nSPS) is 10.4. The molecule has 4 nitrogen and oxygen atoms in total. The molecule has 4 aromatic rings. The first-order valence-corrected chi connectivity index (χ1v) is 10.5. The van der Waals surface area contributed by atoms with E-state index in [2.05, 4.69) is 52.7 Å². The van der Waals surface area contributed by atoms with Crippen LogP contribution in [0, 0.1) is 0 Å². The standard InChI is InChI=1S/C19H14N2O2S2.C2H6/c22-19(23)11-24-18-10-15(20-21-18)17-8-7-16(25-17)14-6-5-12-3-1-2-4-13(12)9-14;1-2/h1-10H,11H2,(H,20,21)(H,22,23);1-2H3. The number of nitrogens with zero attached hydrogens (tertiary/aromatic N) is 1. The van der Waals surface area contributed by atoms with E-state index in [1.54, 1.807) is 11.3 Å². The molecule has 4 rings (SSSR count). The van der Waals surface area contributed by atoms with Gasteiger partial charge in [-0.05, 0) is 40.6 Å². The molecule has 0 saturated heterocycles. The molecule has 138 valence electrons. The van der Waals surface area contributed by atoms with Crippen LogP contribution in [0.5, 0.6) is 0 Å². The molecule has 0 unspecified atom stereocenters. The lowest BCUT2D eigenvalue weighted by atomic mass is 10.1. The van der Waals surface area contributed by atoms with Crippen molar-refractivity contribution in [2.75, 3.05) is 5.75 Å². The van der Waals surface area contributed by atoms with E-state index in [-0.39, 0.29) is 5.75 Å². The van der Waals surface area contributed by atoms with Crippen molar-refractivity contribution in [3.05, 3.63) is 60.7 Å². The minimum absolute atomic E-state index is 0.0110. The van der Waals surface area contributed by atoms with Crippen molar-refractivity contribution < 1.29 is 9.90 Å². The molecule has 2 heterocycles. The fourth-order valence-electron chi connectivity index (χ4n) is 2.62. The Hall–Kier alpha value is -2.57. The molecule has 0 saturated carbocycles. The molecular weight excluding hydrogens is 376 g/mol. The summed E-state index contributed by atoms with van der Waals surface area (Å²) in [6.07, 6.45) is 0. The number of thioether (sulfide) groups is 1. The van der Waals surface area contributed by atoms with Crippen molar-refractivity contribution in [2.45, 2.75) is 18.9 Å². The number of H-pyrrole nitrogens is 1. The van der Waals surface area contributed by atoms with Crippen LogP contribution in [-0.4, -0.2) is 27.0 Å². The van der Waals surface area contributed by atoms with Gasteiger partial charge < -0.3 is 5.11 Å². The zero-order chi connectivity index (χ0) is 19.2. The van der Waals surface area contributed by atoms with Crippen LogP contribution in [0.2, 0.25) is 0 Å². The van der Waals surface area contributed by atoms with Crippen molar-refractivity contribution in [1.82, 2.24) is 10.2 Å². The highest BCUT2D eigenvalue weighted by molar-refractivity contribution is 7.99. The van der Waals surface area contributed by atoms with Crippen molar-refractivity contribution in [1.29, 1.82) is 0 Å². The van der Waals surface area contributed by atoms with Gasteiger partial charge >= 0.3 is 5.97 Å². The SMILES string of the molecule is CC.O=C(O)CSc1cc(-c2ccc(-c3ccc4ccccc4c3)s2)[nH]n1. The van der Waals surface area contributed by atoms with Gasteiger partial charge in [0.05, 0.1) is 16.3 Å². The third-order valence-corrected chi connectivity index (χ3v) is 5.87. The number of carboxylic acid groups (broad SMARTS) is 1. The number of fused-ring (bicyclic) bond motifs is 1. The molecule has 2 aromatic carbocycles. The third kappa shape index (κ3) is 4.59.